The van der Waals surface area contributed by atoms with Gasteiger partial charge in [-0.05, 0) is 60.7 Å². The molecule has 0 heterocycles. The second-order valence-corrected chi connectivity index (χ2v) is 6.03. The fraction of sp³-hybridized carbons (Fsp3) is 0.0476. The summed E-state index contributed by atoms with van der Waals surface area (Å²) in [6.07, 6.45) is 0. The van der Waals surface area contributed by atoms with E-state index in [1.54, 1.807) is 66.7 Å². The zero-order chi connectivity index (χ0) is 20.1. The van der Waals surface area contributed by atoms with E-state index in [9.17, 15) is 9.59 Å². The Kier molecular flexibility index (Phi) is 5.45. The van der Waals surface area contributed by atoms with Crippen molar-refractivity contribution >= 4 is 28.9 Å². The Hall–Kier alpha value is -4.00. The lowest BCUT2D eigenvalue weighted by molar-refractivity contribution is 0.0962. The summed E-state index contributed by atoms with van der Waals surface area (Å²) in [5, 5.41) is 5.33. The second kappa shape index (κ2) is 8.13. The van der Waals surface area contributed by atoms with E-state index >= 15 is 0 Å². The summed E-state index contributed by atoms with van der Waals surface area (Å²) in [7, 11) is 1.53. The summed E-state index contributed by atoms with van der Waals surface area (Å²) < 4.78 is 5.76. The van der Waals surface area contributed by atoms with Crippen molar-refractivity contribution in [3.8, 4) is 11.5 Å². The van der Waals surface area contributed by atoms with Gasteiger partial charge in [-0.3, -0.25) is 9.59 Å². The van der Waals surface area contributed by atoms with Crippen molar-refractivity contribution in [1.29, 1.82) is 0 Å². The molecule has 28 heavy (non-hydrogen) atoms. The number of anilines is 3. The van der Waals surface area contributed by atoms with Gasteiger partial charge in [0, 0.05) is 29.7 Å². The minimum Gasteiger partial charge on any atom is -0.457 e. The van der Waals surface area contributed by atoms with Crippen molar-refractivity contribution in [3.63, 3.8) is 0 Å². The molecule has 0 atom stereocenters. The molecule has 3 rings (SSSR count). The Balaban J connectivity index is 1.69. The van der Waals surface area contributed by atoms with E-state index in [1.165, 1.54) is 7.05 Å². The third-order valence-corrected chi connectivity index (χ3v) is 3.99. The molecule has 0 saturated carbocycles. The number of benzene rings is 3. The summed E-state index contributed by atoms with van der Waals surface area (Å²) in [4.78, 5) is 24.1. The predicted molar refractivity (Wildman–Crippen MR) is 110 cm³/mol. The second-order valence-electron chi connectivity index (χ2n) is 6.03. The molecule has 0 aliphatic rings. The van der Waals surface area contributed by atoms with Crippen LogP contribution in [0, 0.1) is 0 Å². The van der Waals surface area contributed by atoms with Crippen LogP contribution in [0.3, 0.4) is 0 Å². The van der Waals surface area contributed by atoms with E-state index in [2.05, 4.69) is 10.6 Å². The van der Waals surface area contributed by atoms with Crippen LogP contribution in [0.15, 0.2) is 66.7 Å². The number of rotatable bonds is 5. The number of carbonyl (C=O) groups excluding carboxylic acids is 2. The maximum atomic E-state index is 12.3. The molecule has 2 amide bonds. The van der Waals surface area contributed by atoms with E-state index in [1.807, 2.05) is 0 Å². The number of nitrogens with one attached hydrogen (secondary N) is 2. The molecule has 6 N–H and O–H groups in total. The number of carbonyl (C=O) groups is 2. The molecule has 0 fully saturated rings. The smallest absolute Gasteiger partial charge is 0.255 e. The maximum absolute atomic E-state index is 12.3. The molecule has 7 heteroatoms. The summed E-state index contributed by atoms with van der Waals surface area (Å²) >= 11 is 0. The van der Waals surface area contributed by atoms with E-state index in [0.717, 1.165) is 0 Å². The molecular weight excluding hydrogens is 356 g/mol. The summed E-state index contributed by atoms with van der Waals surface area (Å²) in [5.74, 6) is 0.483. The van der Waals surface area contributed by atoms with Gasteiger partial charge in [0.15, 0.2) is 0 Å². The van der Waals surface area contributed by atoms with Crippen LogP contribution in [-0.2, 0) is 0 Å². The van der Waals surface area contributed by atoms with Crippen LogP contribution in [0.1, 0.15) is 20.7 Å². The van der Waals surface area contributed by atoms with Gasteiger partial charge in [0.2, 0.25) is 0 Å². The fourth-order valence-corrected chi connectivity index (χ4v) is 2.56. The number of nitrogen functional groups attached to an aromatic ring is 2. The van der Waals surface area contributed by atoms with E-state index in [0.29, 0.717) is 39.7 Å². The van der Waals surface area contributed by atoms with Gasteiger partial charge < -0.3 is 26.8 Å². The van der Waals surface area contributed by atoms with Gasteiger partial charge in [0.25, 0.3) is 11.8 Å². The van der Waals surface area contributed by atoms with Crippen LogP contribution in [0.5, 0.6) is 11.5 Å². The Morgan fingerprint density at radius 3 is 2.25 bits per heavy atom. The first-order valence-electron chi connectivity index (χ1n) is 8.52. The molecule has 0 aliphatic heterocycles. The molecule has 0 saturated heterocycles. The first-order chi connectivity index (χ1) is 13.5. The SMILES string of the molecule is CNC(=O)c1cc(Oc2ccc(NC(=O)c3cccc(N)c3)cc2)ccc1N. The van der Waals surface area contributed by atoms with Crippen molar-refractivity contribution in [2.45, 2.75) is 0 Å². The summed E-state index contributed by atoms with van der Waals surface area (Å²) in [6.45, 7) is 0. The lowest BCUT2D eigenvalue weighted by atomic mass is 10.1. The van der Waals surface area contributed by atoms with Crippen LogP contribution < -0.4 is 26.8 Å². The topological polar surface area (TPSA) is 119 Å². The lowest BCUT2D eigenvalue weighted by Crippen LogP contribution is -2.19. The van der Waals surface area contributed by atoms with Crippen molar-refractivity contribution < 1.29 is 14.3 Å². The van der Waals surface area contributed by atoms with Crippen LogP contribution in [0.4, 0.5) is 17.1 Å². The standard InChI is InChI=1S/C21H20N4O3/c1-24-21(27)18-12-17(9-10-19(18)23)28-16-7-5-15(6-8-16)25-20(26)13-3-2-4-14(22)11-13/h2-12H,22-23H2,1H3,(H,24,27)(H,25,26). The highest BCUT2D eigenvalue weighted by molar-refractivity contribution is 6.04. The quantitative estimate of drug-likeness (QED) is 0.510. The maximum Gasteiger partial charge on any atom is 0.255 e. The Bertz CT molecular complexity index is 1020. The normalized spacial score (nSPS) is 10.2. The van der Waals surface area contributed by atoms with Crippen molar-refractivity contribution in [2.75, 3.05) is 23.8 Å². The minimum absolute atomic E-state index is 0.255. The number of nitrogens with two attached hydrogens (primary N) is 2. The highest BCUT2D eigenvalue weighted by atomic mass is 16.5. The number of ether oxygens (including phenoxy) is 1. The Morgan fingerprint density at radius 1 is 0.857 bits per heavy atom. The Morgan fingerprint density at radius 2 is 1.57 bits per heavy atom. The van der Waals surface area contributed by atoms with Gasteiger partial charge in [-0.25, -0.2) is 0 Å². The lowest BCUT2D eigenvalue weighted by Gasteiger charge is -2.10. The van der Waals surface area contributed by atoms with E-state index in [-0.39, 0.29) is 11.8 Å². The average molecular weight is 376 g/mol. The monoisotopic (exact) mass is 376 g/mol. The van der Waals surface area contributed by atoms with E-state index < -0.39 is 0 Å². The first-order valence-corrected chi connectivity index (χ1v) is 8.52. The number of amides is 2. The fourth-order valence-electron chi connectivity index (χ4n) is 2.56. The zero-order valence-electron chi connectivity index (χ0n) is 15.2. The molecule has 0 unspecified atom stereocenters. The van der Waals surface area contributed by atoms with Crippen LogP contribution in [0.2, 0.25) is 0 Å². The molecule has 0 aliphatic carbocycles. The summed E-state index contributed by atoms with van der Waals surface area (Å²) in [6, 6.07) is 18.5. The molecule has 0 bridgehead atoms. The van der Waals surface area contributed by atoms with E-state index in [4.69, 9.17) is 16.2 Å². The molecule has 0 spiro atoms. The molecule has 0 radical (unpaired) electrons. The van der Waals surface area contributed by atoms with Gasteiger partial charge in [0.1, 0.15) is 11.5 Å². The average Bonchev–Trinajstić information content (AvgIpc) is 2.70. The van der Waals surface area contributed by atoms with Crippen LogP contribution in [0.25, 0.3) is 0 Å². The van der Waals surface area contributed by atoms with Crippen LogP contribution >= 0.6 is 0 Å². The Labute approximate surface area is 162 Å². The molecule has 7 nitrogen and oxygen atoms in total. The number of hydrogen-bond donors (Lipinski definition) is 4. The highest BCUT2D eigenvalue weighted by Gasteiger charge is 2.10. The van der Waals surface area contributed by atoms with Crippen molar-refractivity contribution in [3.05, 3.63) is 77.9 Å². The molecule has 0 aromatic heterocycles. The van der Waals surface area contributed by atoms with Crippen molar-refractivity contribution in [2.24, 2.45) is 0 Å². The van der Waals surface area contributed by atoms with Gasteiger partial charge in [0.05, 0.1) is 5.56 Å². The molecule has 3 aromatic rings. The predicted octanol–water partition coefficient (Wildman–Crippen LogP) is 3.26. The molecular formula is C21H20N4O3. The first kappa shape index (κ1) is 18.8. The largest absolute Gasteiger partial charge is 0.457 e. The van der Waals surface area contributed by atoms with Gasteiger partial charge in [-0.15, -0.1) is 0 Å². The third kappa shape index (κ3) is 4.39. The summed E-state index contributed by atoms with van der Waals surface area (Å²) in [5.41, 5.74) is 13.8. The minimum atomic E-state index is -0.289. The molecule has 3 aromatic carbocycles. The highest BCUT2D eigenvalue weighted by Crippen LogP contribution is 2.26. The van der Waals surface area contributed by atoms with Gasteiger partial charge in [-0.1, -0.05) is 6.07 Å². The number of hydrogen-bond acceptors (Lipinski definition) is 5. The third-order valence-electron chi connectivity index (χ3n) is 3.99. The van der Waals surface area contributed by atoms with Crippen molar-refractivity contribution in [1.82, 2.24) is 5.32 Å². The van der Waals surface area contributed by atoms with Gasteiger partial charge >= 0.3 is 0 Å². The van der Waals surface area contributed by atoms with Gasteiger partial charge in [-0.2, -0.15) is 0 Å². The zero-order valence-corrected chi connectivity index (χ0v) is 15.2. The molecule has 142 valence electrons. The van der Waals surface area contributed by atoms with Crippen LogP contribution in [-0.4, -0.2) is 18.9 Å².